The van der Waals surface area contributed by atoms with Gasteiger partial charge in [-0.1, -0.05) is 6.07 Å². The molecule has 3 aliphatic rings. The van der Waals surface area contributed by atoms with Gasteiger partial charge in [-0.15, -0.1) is 11.3 Å². The van der Waals surface area contributed by atoms with Crippen LogP contribution in [0.15, 0.2) is 17.5 Å². The number of hydrogen-bond donors (Lipinski definition) is 1. The molecule has 5 nitrogen and oxygen atoms in total. The fourth-order valence-electron chi connectivity index (χ4n) is 3.85. The van der Waals surface area contributed by atoms with E-state index < -0.39 is 12.1 Å². The summed E-state index contributed by atoms with van der Waals surface area (Å²) < 4.78 is 31.7. The van der Waals surface area contributed by atoms with Crippen molar-refractivity contribution >= 4 is 23.2 Å². The Balaban J connectivity index is 0.000000260. The first-order chi connectivity index (χ1) is 12.8. The minimum absolute atomic E-state index is 0.413. The number of aliphatic carboxylic acids is 1. The maximum atomic E-state index is 12.2. The molecule has 0 radical (unpaired) electrons. The molecule has 27 heavy (non-hydrogen) atoms. The molecule has 0 unspecified atom stereocenters. The van der Waals surface area contributed by atoms with Crippen molar-refractivity contribution in [3.63, 3.8) is 0 Å². The molecule has 1 aromatic heterocycles. The van der Waals surface area contributed by atoms with Crippen LogP contribution >= 0.6 is 11.3 Å². The summed E-state index contributed by atoms with van der Waals surface area (Å²) >= 11 is 1.85. The van der Waals surface area contributed by atoms with Gasteiger partial charge in [-0.25, -0.2) is 4.79 Å². The van der Waals surface area contributed by atoms with E-state index in [0.29, 0.717) is 18.0 Å². The quantitative estimate of drug-likeness (QED) is 0.836. The monoisotopic (exact) mass is 404 g/mol. The number of likely N-dealkylation sites (tertiary alicyclic amines) is 2. The number of carbonyl (C=O) groups excluding carboxylic acids is 1. The lowest BCUT2D eigenvalue weighted by Crippen LogP contribution is -2.52. The van der Waals surface area contributed by atoms with Gasteiger partial charge in [0, 0.05) is 43.0 Å². The summed E-state index contributed by atoms with van der Waals surface area (Å²) in [4.78, 5) is 27.4. The average Bonchev–Trinajstić information content (AvgIpc) is 3.10. The Bertz CT molecular complexity index is 661. The van der Waals surface area contributed by atoms with Crippen LogP contribution in [0.3, 0.4) is 0 Å². The summed E-state index contributed by atoms with van der Waals surface area (Å²) in [5.74, 6) is -1.53. The number of fused-ring (bicyclic) bond motifs is 1. The van der Waals surface area contributed by atoms with E-state index >= 15 is 0 Å². The number of alkyl halides is 3. The molecule has 1 aromatic rings. The second-order valence-corrected chi connectivity index (χ2v) is 8.34. The summed E-state index contributed by atoms with van der Waals surface area (Å²) in [6.45, 7) is 3.26. The maximum Gasteiger partial charge on any atom is 0.490 e. The summed E-state index contributed by atoms with van der Waals surface area (Å²) in [6, 6.07) is 5.47. The zero-order valence-corrected chi connectivity index (χ0v) is 15.6. The van der Waals surface area contributed by atoms with Crippen molar-refractivity contribution in [2.45, 2.75) is 56.9 Å². The number of carboxylic acid groups (broad SMARTS) is 1. The van der Waals surface area contributed by atoms with E-state index in [1.807, 2.05) is 11.3 Å². The molecule has 0 aromatic carbocycles. The van der Waals surface area contributed by atoms with E-state index in [2.05, 4.69) is 27.3 Å². The fraction of sp³-hybridized carbons (Fsp3) is 0.667. The molecular weight excluding hydrogens is 381 g/mol. The van der Waals surface area contributed by atoms with Crippen LogP contribution in [0, 0.1) is 5.92 Å². The zero-order chi connectivity index (χ0) is 19.6. The zero-order valence-electron chi connectivity index (χ0n) is 14.8. The Morgan fingerprint density at radius 2 is 1.93 bits per heavy atom. The van der Waals surface area contributed by atoms with Crippen molar-refractivity contribution in [1.29, 1.82) is 0 Å². The first-order valence-corrected chi connectivity index (χ1v) is 9.99. The number of carboxylic acids is 1. The standard InChI is InChI=1S/C16H22N2OS.C2HF3O2/c19-16-6-5-14-15(18(16)10-12-3-4-12)7-8-17(14)11-13-2-1-9-20-13;3-2(4,5)1(6)7/h1-2,9,12,14-15H,3-8,10-11H2;(H,6,7)/t14-,15-;/m1./s1. The summed E-state index contributed by atoms with van der Waals surface area (Å²) in [6.07, 6.45) is 0.583. The van der Waals surface area contributed by atoms with Crippen LogP contribution in [-0.4, -0.2) is 58.1 Å². The molecular formula is C18H23F3N2O3S. The van der Waals surface area contributed by atoms with E-state index in [1.165, 1.54) is 24.1 Å². The van der Waals surface area contributed by atoms with Crippen LogP contribution < -0.4 is 0 Å². The highest BCUT2D eigenvalue weighted by atomic mass is 32.1. The Labute approximate surface area is 159 Å². The van der Waals surface area contributed by atoms with Gasteiger partial charge in [0.05, 0.1) is 0 Å². The number of nitrogens with zero attached hydrogens (tertiary/aromatic N) is 2. The summed E-state index contributed by atoms with van der Waals surface area (Å²) in [5, 5.41) is 9.28. The van der Waals surface area contributed by atoms with Crippen molar-refractivity contribution in [2.75, 3.05) is 13.1 Å². The van der Waals surface area contributed by atoms with Crippen molar-refractivity contribution in [2.24, 2.45) is 5.92 Å². The number of amides is 1. The van der Waals surface area contributed by atoms with Gasteiger partial charge >= 0.3 is 12.1 Å². The van der Waals surface area contributed by atoms with Crippen LogP contribution in [-0.2, 0) is 16.1 Å². The SMILES string of the molecule is O=C(O)C(F)(F)F.O=C1CC[C@@H]2[C@@H](CCN2Cc2cccs2)N1CC1CC1. The lowest BCUT2D eigenvalue weighted by Gasteiger charge is -2.40. The third-order valence-corrected chi connectivity index (χ3v) is 6.19. The molecule has 150 valence electrons. The highest BCUT2D eigenvalue weighted by Crippen LogP contribution is 2.37. The van der Waals surface area contributed by atoms with Crippen LogP contribution in [0.1, 0.15) is 37.0 Å². The molecule has 1 amide bonds. The topological polar surface area (TPSA) is 60.9 Å². The number of halogens is 3. The van der Waals surface area contributed by atoms with Crippen molar-refractivity contribution < 1.29 is 27.9 Å². The van der Waals surface area contributed by atoms with Gasteiger partial charge in [0.25, 0.3) is 0 Å². The molecule has 1 N–H and O–H groups in total. The van der Waals surface area contributed by atoms with Gasteiger partial charge in [0.15, 0.2) is 0 Å². The lowest BCUT2D eigenvalue weighted by molar-refractivity contribution is -0.192. The second kappa shape index (κ2) is 8.18. The van der Waals surface area contributed by atoms with Gasteiger partial charge in [-0.3, -0.25) is 9.69 Å². The summed E-state index contributed by atoms with van der Waals surface area (Å²) in [5.41, 5.74) is 0. The molecule has 1 aliphatic carbocycles. The van der Waals surface area contributed by atoms with E-state index in [4.69, 9.17) is 9.90 Å². The molecule has 9 heteroatoms. The Morgan fingerprint density at radius 1 is 1.22 bits per heavy atom. The first kappa shape index (κ1) is 20.1. The third-order valence-electron chi connectivity index (χ3n) is 5.33. The third kappa shape index (κ3) is 5.22. The first-order valence-electron chi connectivity index (χ1n) is 9.11. The van der Waals surface area contributed by atoms with Gasteiger partial charge in [-0.05, 0) is 43.0 Å². The van der Waals surface area contributed by atoms with Crippen molar-refractivity contribution in [1.82, 2.24) is 9.80 Å². The molecule has 2 aliphatic heterocycles. The van der Waals surface area contributed by atoms with Crippen molar-refractivity contribution in [3.05, 3.63) is 22.4 Å². The fourth-order valence-corrected chi connectivity index (χ4v) is 4.58. The molecule has 1 saturated carbocycles. The molecule has 0 bridgehead atoms. The second-order valence-electron chi connectivity index (χ2n) is 7.30. The normalized spacial score (nSPS) is 25.7. The van der Waals surface area contributed by atoms with Crippen LogP contribution in [0.2, 0.25) is 0 Å². The predicted molar refractivity (Wildman–Crippen MR) is 94.3 cm³/mol. The van der Waals surface area contributed by atoms with E-state index in [0.717, 1.165) is 38.4 Å². The summed E-state index contributed by atoms with van der Waals surface area (Å²) in [7, 11) is 0. The maximum absolute atomic E-state index is 12.2. The van der Waals surface area contributed by atoms with Crippen LogP contribution in [0.5, 0.6) is 0 Å². The minimum Gasteiger partial charge on any atom is -0.475 e. The smallest absolute Gasteiger partial charge is 0.475 e. The van der Waals surface area contributed by atoms with Crippen LogP contribution in [0.25, 0.3) is 0 Å². The average molecular weight is 404 g/mol. The van der Waals surface area contributed by atoms with Crippen molar-refractivity contribution in [3.8, 4) is 0 Å². The largest absolute Gasteiger partial charge is 0.490 e. The van der Waals surface area contributed by atoms with Crippen LogP contribution in [0.4, 0.5) is 13.2 Å². The number of piperidine rings is 1. The number of thiophene rings is 1. The highest BCUT2D eigenvalue weighted by Gasteiger charge is 2.44. The Morgan fingerprint density at radius 3 is 2.48 bits per heavy atom. The molecule has 2 saturated heterocycles. The Kier molecular flexibility index (Phi) is 6.10. The Hall–Kier alpha value is -1.61. The number of rotatable bonds is 4. The molecule has 3 fully saturated rings. The number of hydrogen-bond acceptors (Lipinski definition) is 4. The molecule has 4 rings (SSSR count). The highest BCUT2D eigenvalue weighted by molar-refractivity contribution is 7.09. The number of carbonyl (C=O) groups is 2. The van der Waals surface area contributed by atoms with Gasteiger partial charge in [0.2, 0.25) is 5.91 Å². The van der Waals surface area contributed by atoms with E-state index in [-0.39, 0.29) is 0 Å². The van der Waals surface area contributed by atoms with Gasteiger partial charge < -0.3 is 10.0 Å². The van der Waals surface area contributed by atoms with Gasteiger partial charge in [-0.2, -0.15) is 13.2 Å². The molecule has 2 atom stereocenters. The lowest BCUT2D eigenvalue weighted by atomic mass is 9.96. The predicted octanol–water partition coefficient (Wildman–Crippen LogP) is 3.36. The van der Waals surface area contributed by atoms with E-state index in [1.54, 1.807) is 0 Å². The van der Waals surface area contributed by atoms with Gasteiger partial charge in [0.1, 0.15) is 0 Å². The molecule has 3 heterocycles. The van der Waals surface area contributed by atoms with E-state index in [9.17, 15) is 18.0 Å². The molecule has 0 spiro atoms. The minimum atomic E-state index is -5.08.